The van der Waals surface area contributed by atoms with Crippen LogP contribution < -0.4 is 16.6 Å². The number of allylic oxidation sites excluding steroid dienone is 1. The third-order valence-corrected chi connectivity index (χ3v) is 5.40. The molecule has 1 aliphatic rings. The average molecular weight is 454 g/mol. The maximum Gasteiger partial charge on any atom is 0.352 e. The summed E-state index contributed by atoms with van der Waals surface area (Å²) < 4.78 is 20.2. The highest BCUT2D eigenvalue weighted by atomic mass is 19.1. The molecular weight excluding hydrogens is 431 g/mol. The van der Waals surface area contributed by atoms with Crippen molar-refractivity contribution in [3.8, 4) is 17.2 Å². The second kappa shape index (κ2) is 9.72. The minimum absolute atomic E-state index is 0.0649. The molecule has 1 N–H and O–H groups in total. The molecule has 2 aromatic heterocycles. The molecule has 2 heterocycles. The Balaban J connectivity index is 1.59. The lowest BCUT2D eigenvalue weighted by atomic mass is 9.97. The summed E-state index contributed by atoms with van der Waals surface area (Å²) in [6.07, 6.45) is 7.43. The zero-order chi connectivity index (χ0) is 23.4. The first-order chi connectivity index (χ1) is 16.0. The molecule has 0 saturated heterocycles. The van der Waals surface area contributed by atoms with E-state index in [1.165, 1.54) is 36.3 Å². The lowest BCUT2D eigenvalue weighted by Crippen LogP contribution is -2.41. The number of halogens is 1. The van der Waals surface area contributed by atoms with Crippen molar-refractivity contribution in [2.45, 2.75) is 45.6 Å². The predicted octanol–water partition coefficient (Wildman–Crippen LogP) is 2.22. The summed E-state index contributed by atoms with van der Waals surface area (Å²) in [5, 5.41) is 10.5. The molecule has 11 heteroatoms. The Morgan fingerprint density at radius 2 is 2.00 bits per heavy atom. The van der Waals surface area contributed by atoms with Crippen LogP contribution in [0.5, 0.6) is 0 Å². The lowest BCUT2D eigenvalue weighted by molar-refractivity contribution is 0.0910. The molecule has 0 radical (unpaired) electrons. The number of hydrogen-bond acceptors (Lipinski definition) is 7. The molecule has 4 rings (SSSR count). The van der Waals surface area contributed by atoms with Crippen molar-refractivity contribution in [2.24, 2.45) is 0 Å². The van der Waals surface area contributed by atoms with Crippen molar-refractivity contribution >= 4 is 5.91 Å². The van der Waals surface area contributed by atoms with E-state index in [0.717, 1.165) is 34.9 Å². The van der Waals surface area contributed by atoms with Crippen LogP contribution in [0.2, 0.25) is 0 Å². The summed E-state index contributed by atoms with van der Waals surface area (Å²) in [6.45, 7) is 2.12. The van der Waals surface area contributed by atoms with Gasteiger partial charge in [-0.1, -0.05) is 16.8 Å². The fraction of sp³-hybridized carbons (Fsp3) is 0.364. The molecule has 1 aromatic carbocycles. The summed E-state index contributed by atoms with van der Waals surface area (Å²) >= 11 is 0. The molecule has 0 saturated carbocycles. The number of nitrogens with zero attached hydrogens (tertiary/aromatic N) is 5. The Morgan fingerprint density at radius 1 is 1.21 bits per heavy atom. The Morgan fingerprint density at radius 3 is 2.70 bits per heavy atom. The maximum absolute atomic E-state index is 13.3. The van der Waals surface area contributed by atoms with Gasteiger partial charge >= 0.3 is 17.5 Å². The van der Waals surface area contributed by atoms with Crippen LogP contribution in [0.25, 0.3) is 17.2 Å². The van der Waals surface area contributed by atoms with Gasteiger partial charge in [0.25, 0.3) is 5.56 Å². The van der Waals surface area contributed by atoms with Gasteiger partial charge in [-0.25, -0.2) is 9.18 Å². The van der Waals surface area contributed by atoms with Gasteiger partial charge in [0.1, 0.15) is 5.82 Å². The van der Waals surface area contributed by atoms with Crippen molar-refractivity contribution in [3.05, 3.63) is 68.5 Å². The van der Waals surface area contributed by atoms with Crippen molar-refractivity contribution in [1.82, 2.24) is 29.8 Å². The monoisotopic (exact) mass is 454 g/mol. The molecule has 0 spiro atoms. The van der Waals surface area contributed by atoms with Gasteiger partial charge in [-0.3, -0.25) is 14.2 Å². The molecule has 0 aliphatic heterocycles. The molecule has 10 nitrogen and oxygen atoms in total. The summed E-state index contributed by atoms with van der Waals surface area (Å²) in [6, 6.07) is 5.05. The average Bonchev–Trinajstić information content (AvgIpc) is 3.31. The Hall–Kier alpha value is -3.89. The highest BCUT2D eigenvalue weighted by molar-refractivity contribution is 5.89. The number of amides is 1. The fourth-order valence-corrected chi connectivity index (χ4v) is 3.64. The number of benzene rings is 1. The van der Waals surface area contributed by atoms with E-state index in [-0.39, 0.29) is 29.6 Å². The first-order valence-corrected chi connectivity index (χ1v) is 10.8. The van der Waals surface area contributed by atoms with E-state index in [1.807, 2.05) is 0 Å². The van der Waals surface area contributed by atoms with Gasteiger partial charge < -0.3 is 9.84 Å². The van der Waals surface area contributed by atoms with Crippen LogP contribution in [0.3, 0.4) is 0 Å². The molecule has 0 unspecified atom stereocenters. The summed E-state index contributed by atoms with van der Waals surface area (Å²) in [5.74, 6) is -1.58. The van der Waals surface area contributed by atoms with Crippen LogP contribution in [0, 0.1) is 5.82 Å². The van der Waals surface area contributed by atoms with Crippen LogP contribution >= 0.6 is 0 Å². The lowest BCUT2D eigenvalue weighted by Gasteiger charge is -2.12. The second-order valence-electron chi connectivity index (χ2n) is 7.61. The highest BCUT2D eigenvalue weighted by Crippen LogP contribution is 2.19. The van der Waals surface area contributed by atoms with Gasteiger partial charge in [0, 0.05) is 13.1 Å². The zero-order valence-corrected chi connectivity index (χ0v) is 18.1. The molecule has 1 aliphatic carbocycles. The largest absolute Gasteiger partial charge is 0.352 e. The third kappa shape index (κ3) is 4.81. The first kappa shape index (κ1) is 22.3. The second-order valence-corrected chi connectivity index (χ2v) is 7.61. The zero-order valence-electron chi connectivity index (χ0n) is 18.1. The van der Waals surface area contributed by atoms with Gasteiger partial charge in [-0.2, -0.15) is 14.8 Å². The van der Waals surface area contributed by atoms with Gasteiger partial charge in [0.05, 0.1) is 5.69 Å². The highest BCUT2D eigenvalue weighted by Gasteiger charge is 2.22. The van der Waals surface area contributed by atoms with Crippen LogP contribution in [0.1, 0.15) is 49.7 Å². The molecule has 172 valence electrons. The van der Waals surface area contributed by atoms with E-state index in [2.05, 4.69) is 26.6 Å². The molecular formula is C22H23FN6O4. The Labute approximate surface area is 187 Å². The summed E-state index contributed by atoms with van der Waals surface area (Å²) in [4.78, 5) is 41.9. The standard InChI is InChI=1S/C22H23FN6O4/c1-2-28-21(31)17(26-29(22(28)32)16-10-8-15(23)9-11-16)18-25-20(33-27-18)19(30)24-13-12-14-6-4-3-5-7-14/h6,8-11H,2-5,7,12-13H2,1H3,(H,24,30). The van der Waals surface area contributed by atoms with E-state index in [1.54, 1.807) is 6.92 Å². The van der Waals surface area contributed by atoms with Gasteiger partial charge in [0.2, 0.25) is 5.82 Å². The number of carbonyl (C=O) groups is 1. The third-order valence-electron chi connectivity index (χ3n) is 5.40. The van der Waals surface area contributed by atoms with Gasteiger partial charge in [-0.05, 0) is 63.3 Å². The minimum atomic E-state index is -0.724. The van der Waals surface area contributed by atoms with Crippen LogP contribution in [-0.2, 0) is 6.54 Å². The van der Waals surface area contributed by atoms with Gasteiger partial charge in [-0.15, -0.1) is 0 Å². The van der Waals surface area contributed by atoms with Crippen LogP contribution in [0.15, 0.2) is 50.0 Å². The SMILES string of the molecule is CCn1c(=O)c(-c2noc(C(=O)NCCC3=CCCCC3)n2)nn(-c2ccc(F)cc2)c1=O. The van der Waals surface area contributed by atoms with Crippen LogP contribution in [0.4, 0.5) is 4.39 Å². The van der Waals surface area contributed by atoms with E-state index < -0.39 is 23.0 Å². The van der Waals surface area contributed by atoms with E-state index in [4.69, 9.17) is 4.52 Å². The van der Waals surface area contributed by atoms with Crippen molar-refractivity contribution in [2.75, 3.05) is 6.54 Å². The number of hydrogen-bond donors (Lipinski definition) is 1. The van der Waals surface area contributed by atoms with Crippen LogP contribution in [-0.4, -0.2) is 36.9 Å². The predicted molar refractivity (Wildman–Crippen MR) is 117 cm³/mol. The fourth-order valence-electron chi connectivity index (χ4n) is 3.64. The molecule has 0 fully saturated rings. The van der Waals surface area contributed by atoms with Gasteiger partial charge in [0.15, 0.2) is 5.69 Å². The minimum Gasteiger partial charge on any atom is -0.348 e. The number of carbonyl (C=O) groups excluding carboxylic acids is 1. The molecule has 0 bridgehead atoms. The number of nitrogens with one attached hydrogen (secondary N) is 1. The first-order valence-electron chi connectivity index (χ1n) is 10.8. The smallest absolute Gasteiger partial charge is 0.348 e. The number of aromatic nitrogens is 5. The van der Waals surface area contributed by atoms with E-state index >= 15 is 0 Å². The number of rotatable bonds is 7. The molecule has 33 heavy (non-hydrogen) atoms. The molecule has 3 aromatic rings. The van der Waals surface area contributed by atoms with E-state index in [9.17, 15) is 18.8 Å². The topological polar surface area (TPSA) is 125 Å². The van der Waals surface area contributed by atoms with Crippen molar-refractivity contribution in [3.63, 3.8) is 0 Å². The maximum atomic E-state index is 13.3. The van der Waals surface area contributed by atoms with Crippen molar-refractivity contribution in [1.29, 1.82) is 0 Å². The quantitative estimate of drug-likeness (QED) is 0.543. The summed E-state index contributed by atoms with van der Waals surface area (Å²) in [7, 11) is 0. The normalized spacial score (nSPS) is 13.6. The Bertz CT molecular complexity index is 1310. The van der Waals surface area contributed by atoms with E-state index in [0.29, 0.717) is 6.54 Å². The van der Waals surface area contributed by atoms with Crippen molar-refractivity contribution < 1.29 is 13.7 Å². The Kier molecular flexibility index (Phi) is 6.57. The summed E-state index contributed by atoms with van der Waals surface area (Å²) in [5.41, 5.74) is -0.117. The molecule has 0 atom stereocenters. The molecule has 1 amide bonds.